The Morgan fingerprint density at radius 3 is 1.97 bits per heavy atom. The molecule has 1 heterocycles. The van der Waals surface area contributed by atoms with Crippen LogP contribution in [0.25, 0.3) is 11.0 Å². The predicted octanol–water partition coefficient (Wildman–Crippen LogP) is 2.73. The lowest BCUT2D eigenvalue weighted by Gasteiger charge is -2.15. The highest BCUT2D eigenvalue weighted by Crippen LogP contribution is 2.28. The highest BCUT2D eigenvalue weighted by Gasteiger charge is 2.19. The third-order valence-corrected chi connectivity index (χ3v) is 6.78. The van der Waals surface area contributed by atoms with Gasteiger partial charge in [0.1, 0.15) is 0 Å². The van der Waals surface area contributed by atoms with Gasteiger partial charge in [-0.3, -0.25) is 4.72 Å². The Kier molecular flexibility index (Phi) is 5.86. The van der Waals surface area contributed by atoms with Gasteiger partial charge in [-0.25, -0.2) is 31.9 Å². The lowest BCUT2D eigenvalue weighted by atomic mass is 10.3. The zero-order valence-electron chi connectivity index (χ0n) is 16.8. The molecule has 0 aliphatic heterocycles. The standard InChI is InChI=1S/C20H17N6O5S2/c21-32(28,29)15-10-8-13(9-11-15)22-19-20(24-18-7-2-1-6-17(18)23-19)26-33(30,31)16-5-3-4-14(12-16)25-27/h1-12,25H,(H,22,23)(H,24,26)(H2,21,28,29)/q-1. The van der Waals surface area contributed by atoms with Crippen LogP contribution in [0.2, 0.25) is 0 Å². The third kappa shape index (κ3) is 5.01. The van der Waals surface area contributed by atoms with Crippen LogP contribution < -0.4 is 20.7 Å². The fourth-order valence-electron chi connectivity index (χ4n) is 2.94. The second-order valence-corrected chi connectivity index (χ2v) is 10.1. The Morgan fingerprint density at radius 2 is 1.36 bits per heavy atom. The van der Waals surface area contributed by atoms with Crippen molar-refractivity contribution >= 4 is 54.1 Å². The van der Waals surface area contributed by atoms with Crippen LogP contribution in [0.1, 0.15) is 0 Å². The molecule has 0 aliphatic carbocycles. The van der Waals surface area contributed by atoms with Gasteiger partial charge in [0.2, 0.25) is 10.0 Å². The van der Waals surface area contributed by atoms with E-state index >= 15 is 0 Å². The van der Waals surface area contributed by atoms with Crippen molar-refractivity contribution in [3.05, 3.63) is 78.0 Å². The molecule has 0 fully saturated rings. The molecule has 5 N–H and O–H groups in total. The second-order valence-electron chi connectivity index (χ2n) is 6.84. The minimum atomic E-state index is -4.12. The maximum atomic E-state index is 12.9. The number of rotatable bonds is 7. The maximum absolute atomic E-state index is 12.9. The molecule has 0 saturated carbocycles. The van der Waals surface area contributed by atoms with Crippen molar-refractivity contribution in [3.63, 3.8) is 0 Å². The maximum Gasteiger partial charge on any atom is 0.263 e. The molecule has 0 atom stereocenters. The molecule has 13 heteroatoms. The first-order chi connectivity index (χ1) is 15.7. The molecule has 0 bridgehead atoms. The first kappa shape index (κ1) is 22.4. The minimum absolute atomic E-state index is 0.0783. The number of sulfonamides is 2. The number of aromatic nitrogens is 2. The quantitative estimate of drug-likeness (QED) is 0.286. The van der Waals surface area contributed by atoms with Gasteiger partial charge in [-0.05, 0) is 54.6 Å². The molecule has 170 valence electrons. The van der Waals surface area contributed by atoms with Gasteiger partial charge in [-0.2, -0.15) is 0 Å². The molecule has 1 aromatic heterocycles. The van der Waals surface area contributed by atoms with E-state index in [0.29, 0.717) is 16.7 Å². The molecule has 11 nitrogen and oxygen atoms in total. The van der Waals surface area contributed by atoms with E-state index in [2.05, 4.69) is 20.0 Å². The summed E-state index contributed by atoms with van der Waals surface area (Å²) in [5, 5.41) is 19.0. The summed E-state index contributed by atoms with van der Waals surface area (Å²) >= 11 is 0. The number of hydrogen-bond donors (Lipinski definition) is 4. The van der Waals surface area contributed by atoms with E-state index in [-0.39, 0.29) is 27.1 Å². The average Bonchev–Trinajstić information content (AvgIpc) is 2.79. The van der Waals surface area contributed by atoms with Gasteiger partial charge in [-0.1, -0.05) is 18.2 Å². The zero-order chi connectivity index (χ0) is 23.6. The molecule has 4 rings (SSSR count). The molecule has 0 amide bonds. The van der Waals surface area contributed by atoms with Gasteiger partial charge in [0.15, 0.2) is 11.6 Å². The number of nitrogens with zero attached hydrogens (tertiary/aromatic N) is 2. The molecule has 3 aromatic carbocycles. The van der Waals surface area contributed by atoms with Gasteiger partial charge >= 0.3 is 0 Å². The minimum Gasteiger partial charge on any atom is -0.761 e. The van der Waals surface area contributed by atoms with E-state index in [1.54, 1.807) is 29.7 Å². The fourth-order valence-corrected chi connectivity index (χ4v) is 4.51. The number of hydrogen-bond acceptors (Lipinski definition) is 9. The van der Waals surface area contributed by atoms with E-state index in [1.165, 1.54) is 48.5 Å². The fraction of sp³-hybridized carbons (Fsp3) is 0. The summed E-state index contributed by atoms with van der Waals surface area (Å²) in [4.78, 5) is 8.59. The monoisotopic (exact) mass is 485 g/mol. The van der Waals surface area contributed by atoms with Crippen LogP contribution in [-0.4, -0.2) is 26.8 Å². The van der Waals surface area contributed by atoms with Crippen molar-refractivity contribution in [2.75, 3.05) is 15.5 Å². The van der Waals surface area contributed by atoms with Crippen molar-refractivity contribution in [2.24, 2.45) is 5.14 Å². The summed E-state index contributed by atoms with van der Waals surface area (Å²) < 4.78 is 51.2. The smallest absolute Gasteiger partial charge is 0.263 e. The number of anilines is 4. The summed E-state index contributed by atoms with van der Waals surface area (Å²) in [5.41, 5.74) is 3.10. The van der Waals surface area contributed by atoms with E-state index < -0.39 is 20.0 Å². The van der Waals surface area contributed by atoms with Gasteiger partial charge in [0, 0.05) is 11.4 Å². The topological polar surface area (TPSA) is 179 Å². The molecule has 0 aliphatic rings. The third-order valence-electron chi connectivity index (χ3n) is 4.51. The first-order valence-corrected chi connectivity index (χ1v) is 12.4. The SMILES string of the molecule is NS(=O)(=O)c1ccc(Nc2nc3ccccc3nc2NS(=O)(=O)c2cccc(N[O-])c2)cc1. The largest absolute Gasteiger partial charge is 0.761 e. The zero-order valence-corrected chi connectivity index (χ0v) is 18.4. The van der Waals surface area contributed by atoms with Crippen LogP contribution in [0.4, 0.5) is 23.0 Å². The summed E-state index contributed by atoms with van der Waals surface area (Å²) in [7, 11) is -7.99. The average molecular weight is 486 g/mol. The Morgan fingerprint density at radius 1 is 0.727 bits per heavy atom. The number of benzene rings is 3. The Bertz CT molecular complexity index is 1540. The summed E-state index contributed by atoms with van der Waals surface area (Å²) in [6.45, 7) is 0. The number of nitrogens with one attached hydrogen (secondary N) is 3. The van der Waals surface area contributed by atoms with Gasteiger partial charge in [0.05, 0.1) is 20.8 Å². The highest BCUT2D eigenvalue weighted by atomic mass is 32.2. The van der Waals surface area contributed by atoms with Crippen LogP contribution in [0.3, 0.4) is 0 Å². The van der Waals surface area contributed by atoms with E-state index in [0.717, 1.165) is 0 Å². The molecular formula is C20H17N6O5S2-. The van der Waals surface area contributed by atoms with Crippen LogP contribution in [0.15, 0.2) is 82.6 Å². The van der Waals surface area contributed by atoms with Crippen LogP contribution >= 0.6 is 0 Å². The van der Waals surface area contributed by atoms with Gasteiger partial charge in [-0.15, -0.1) is 0 Å². The molecule has 0 spiro atoms. The van der Waals surface area contributed by atoms with Crippen LogP contribution in [0, 0.1) is 5.21 Å². The Hall–Kier alpha value is -3.78. The molecule has 0 unspecified atom stereocenters. The first-order valence-electron chi connectivity index (χ1n) is 9.33. The number of para-hydroxylation sites is 2. The van der Waals surface area contributed by atoms with E-state index in [9.17, 15) is 22.0 Å². The predicted molar refractivity (Wildman–Crippen MR) is 125 cm³/mol. The lowest BCUT2D eigenvalue weighted by molar-refractivity contribution is 0.597. The Labute approximate surface area is 189 Å². The van der Waals surface area contributed by atoms with Crippen molar-refractivity contribution < 1.29 is 16.8 Å². The van der Waals surface area contributed by atoms with Crippen LogP contribution in [-0.2, 0) is 20.0 Å². The molecular weight excluding hydrogens is 468 g/mol. The van der Waals surface area contributed by atoms with Crippen LogP contribution in [0.5, 0.6) is 0 Å². The normalized spacial score (nSPS) is 11.8. The number of fused-ring (bicyclic) bond motifs is 1. The van der Waals surface area contributed by atoms with Crippen molar-refractivity contribution in [1.29, 1.82) is 0 Å². The van der Waals surface area contributed by atoms with Crippen molar-refractivity contribution in [3.8, 4) is 0 Å². The van der Waals surface area contributed by atoms with Gasteiger partial charge in [0.25, 0.3) is 10.0 Å². The second kappa shape index (κ2) is 8.63. The molecule has 0 radical (unpaired) electrons. The van der Waals surface area contributed by atoms with E-state index in [4.69, 9.17) is 5.14 Å². The number of primary sulfonamides is 1. The lowest BCUT2D eigenvalue weighted by Crippen LogP contribution is -2.16. The molecule has 0 saturated heterocycles. The summed E-state index contributed by atoms with van der Waals surface area (Å²) in [6.07, 6.45) is 0. The van der Waals surface area contributed by atoms with Crippen molar-refractivity contribution in [2.45, 2.75) is 9.79 Å². The number of nitrogens with two attached hydrogens (primary N) is 1. The summed E-state index contributed by atoms with van der Waals surface area (Å²) in [6, 6.07) is 17.8. The summed E-state index contributed by atoms with van der Waals surface area (Å²) in [5.74, 6) is -0.0107. The Balaban J connectivity index is 1.75. The molecule has 4 aromatic rings. The van der Waals surface area contributed by atoms with Crippen molar-refractivity contribution in [1.82, 2.24) is 9.97 Å². The highest BCUT2D eigenvalue weighted by molar-refractivity contribution is 7.92. The van der Waals surface area contributed by atoms with E-state index in [1.807, 2.05) is 0 Å². The van der Waals surface area contributed by atoms with Gasteiger partial charge < -0.3 is 16.0 Å². The molecule has 33 heavy (non-hydrogen) atoms.